The van der Waals surface area contributed by atoms with Crippen LogP contribution in [0.5, 0.6) is 0 Å². The minimum Gasteiger partial charge on any atom is -0.451 e. The molecule has 0 bridgehead atoms. The molecule has 2 heterocycles. The predicted octanol–water partition coefficient (Wildman–Crippen LogP) is 0.0336. The quantitative estimate of drug-likeness (QED) is 0.556. The second-order valence-electron chi connectivity index (χ2n) is 7.02. The summed E-state index contributed by atoms with van der Waals surface area (Å²) in [6, 6.07) is -1.62. The van der Waals surface area contributed by atoms with Crippen molar-refractivity contribution >= 4 is 29.7 Å². The SMILES string of the molecule is C[C@@H](OC(=O)[C@H](C)N1C(=O)[C@H]2CCCC[C@H]2C1=O)C(=O)N1CCNC1=O. The number of esters is 1. The van der Waals surface area contributed by atoms with Crippen LogP contribution in [-0.2, 0) is 23.9 Å². The van der Waals surface area contributed by atoms with E-state index in [9.17, 15) is 24.0 Å². The van der Waals surface area contributed by atoms with Crippen LogP contribution in [-0.4, -0.2) is 64.8 Å². The van der Waals surface area contributed by atoms with Crippen molar-refractivity contribution in [2.45, 2.75) is 51.7 Å². The van der Waals surface area contributed by atoms with Crippen molar-refractivity contribution in [2.24, 2.45) is 11.8 Å². The number of urea groups is 1. The van der Waals surface area contributed by atoms with E-state index in [2.05, 4.69) is 5.32 Å². The van der Waals surface area contributed by atoms with Gasteiger partial charge in [-0.1, -0.05) is 12.8 Å². The summed E-state index contributed by atoms with van der Waals surface area (Å²) < 4.78 is 5.14. The summed E-state index contributed by atoms with van der Waals surface area (Å²) in [5, 5.41) is 2.49. The molecular formula is C17H23N3O6. The van der Waals surface area contributed by atoms with Crippen molar-refractivity contribution in [3.63, 3.8) is 0 Å². The lowest BCUT2D eigenvalue weighted by atomic mass is 9.81. The van der Waals surface area contributed by atoms with E-state index in [1.165, 1.54) is 13.8 Å². The smallest absolute Gasteiger partial charge is 0.329 e. The molecule has 0 radical (unpaired) electrons. The molecule has 9 nitrogen and oxygen atoms in total. The zero-order valence-electron chi connectivity index (χ0n) is 14.9. The molecule has 0 aromatic carbocycles. The van der Waals surface area contributed by atoms with Gasteiger partial charge in [0.15, 0.2) is 6.10 Å². The van der Waals surface area contributed by atoms with Crippen molar-refractivity contribution in [1.82, 2.24) is 15.1 Å². The molecule has 0 aromatic heterocycles. The topological polar surface area (TPSA) is 113 Å². The molecule has 1 aliphatic carbocycles. The third kappa shape index (κ3) is 3.06. The van der Waals surface area contributed by atoms with Gasteiger partial charge in [-0.2, -0.15) is 0 Å². The summed E-state index contributed by atoms with van der Waals surface area (Å²) in [5.74, 6) is -2.82. The number of imide groups is 2. The molecule has 4 atom stereocenters. The summed E-state index contributed by atoms with van der Waals surface area (Å²) >= 11 is 0. The Morgan fingerprint density at radius 3 is 2.15 bits per heavy atom. The van der Waals surface area contributed by atoms with E-state index in [1.807, 2.05) is 0 Å². The first-order chi connectivity index (χ1) is 12.3. The molecule has 1 saturated carbocycles. The van der Waals surface area contributed by atoms with Crippen LogP contribution in [0.2, 0.25) is 0 Å². The average molecular weight is 365 g/mol. The standard InChI is InChI=1S/C17H23N3O6/c1-9(20-14(22)11-5-3-4-6-12(11)15(20)23)16(24)26-10(2)13(21)19-8-7-18-17(19)25/h9-12H,3-8H2,1-2H3,(H,18,25)/t9-,10+,11-,12+/m0/s1. The Labute approximate surface area is 151 Å². The van der Waals surface area contributed by atoms with Gasteiger partial charge in [0.2, 0.25) is 11.8 Å². The summed E-state index contributed by atoms with van der Waals surface area (Å²) in [5.41, 5.74) is 0. The molecule has 0 unspecified atom stereocenters. The molecule has 26 heavy (non-hydrogen) atoms. The van der Waals surface area contributed by atoms with Gasteiger partial charge in [-0.3, -0.25) is 24.2 Å². The van der Waals surface area contributed by atoms with E-state index in [-0.39, 0.29) is 30.2 Å². The zero-order valence-corrected chi connectivity index (χ0v) is 14.9. The summed E-state index contributed by atoms with van der Waals surface area (Å²) in [6.07, 6.45) is 1.94. The Hall–Kier alpha value is -2.45. The molecule has 142 valence electrons. The first-order valence-corrected chi connectivity index (χ1v) is 8.99. The Morgan fingerprint density at radius 1 is 1.08 bits per heavy atom. The molecule has 0 spiro atoms. The Kier molecular flexibility index (Phi) is 4.97. The number of rotatable bonds is 4. The summed E-state index contributed by atoms with van der Waals surface area (Å²) in [6.45, 7) is 3.35. The van der Waals surface area contributed by atoms with Crippen LogP contribution in [0.1, 0.15) is 39.5 Å². The fourth-order valence-corrected chi connectivity index (χ4v) is 3.90. The first-order valence-electron chi connectivity index (χ1n) is 8.99. The van der Waals surface area contributed by atoms with Gasteiger partial charge in [0.05, 0.1) is 11.8 Å². The minimum atomic E-state index is -1.18. The van der Waals surface area contributed by atoms with Gasteiger partial charge in [-0.15, -0.1) is 0 Å². The van der Waals surface area contributed by atoms with Crippen molar-refractivity contribution in [3.8, 4) is 0 Å². The monoisotopic (exact) mass is 365 g/mol. The van der Waals surface area contributed by atoms with Crippen LogP contribution < -0.4 is 5.32 Å². The highest BCUT2D eigenvalue weighted by molar-refractivity contribution is 6.08. The lowest BCUT2D eigenvalue weighted by Gasteiger charge is -2.24. The fraction of sp³-hybridized carbons (Fsp3) is 0.706. The normalized spacial score (nSPS) is 27.8. The molecule has 1 N–H and O–H groups in total. The van der Waals surface area contributed by atoms with Crippen molar-refractivity contribution in [2.75, 3.05) is 13.1 Å². The highest BCUT2D eigenvalue weighted by Gasteiger charge is 2.51. The van der Waals surface area contributed by atoms with E-state index < -0.39 is 30.1 Å². The van der Waals surface area contributed by atoms with E-state index in [0.717, 1.165) is 22.6 Å². The Bertz CT molecular complexity index is 639. The van der Waals surface area contributed by atoms with E-state index in [1.54, 1.807) is 0 Å². The van der Waals surface area contributed by atoms with Crippen LogP contribution in [0.25, 0.3) is 0 Å². The first kappa shape index (κ1) is 18.3. The number of likely N-dealkylation sites (tertiary alicyclic amines) is 1. The second kappa shape index (κ2) is 7.05. The fourth-order valence-electron chi connectivity index (χ4n) is 3.90. The summed E-state index contributed by atoms with van der Waals surface area (Å²) in [4.78, 5) is 63.2. The van der Waals surface area contributed by atoms with Crippen LogP contribution in [0, 0.1) is 11.8 Å². The van der Waals surface area contributed by atoms with Crippen LogP contribution in [0.3, 0.4) is 0 Å². The number of amides is 5. The van der Waals surface area contributed by atoms with E-state index in [4.69, 9.17) is 4.74 Å². The third-order valence-electron chi connectivity index (χ3n) is 5.37. The summed E-state index contributed by atoms with van der Waals surface area (Å²) in [7, 11) is 0. The molecule has 5 amide bonds. The van der Waals surface area contributed by atoms with Gasteiger partial charge < -0.3 is 10.1 Å². The van der Waals surface area contributed by atoms with Crippen molar-refractivity contribution in [3.05, 3.63) is 0 Å². The number of hydrogen-bond donors (Lipinski definition) is 1. The molecule has 3 rings (SSSR count). The van der Waals surface area contributed by atoms with Gasteiger partial charge in [-0.25, -0.2) is 9.59 Å². The zero-order chi connectivity index (χ0) is 19.0. The Balaban J connectivity index is 1.64. The Morgan fingerprint density at radius 2 is 1.65 bits per heavy atom. The van der Waals surface area contributed by atoms with Gasteiger partial charge in [-0.05, 0) is 26.7 Å². The molecule has 0 aromatic rings. The van der Waals surface area contributed by atoms with Crippen LogP contribution >= 0.6 is 0 Å². The van der Waals surface area contributed by atoms with Crippen molar-refractivity contribution < 1.29 is 28.7 Å². The maximum absolute atomic E-state index is 12.5. The third-order valence-corrected chi connectivity index (χ3v) is 5.37. The molecular weight excluding hydrogens is 342 g/mol. The van der Waals surface area contributed by atoms with Gasteiger partial charge >= 0.3 is 12.0 Å². The maximum atomic E-state index is 12.5. The van der Waals surface area contributed by atoms with E-state index in [0.29, 0.717) is 19.4 Å². The highest BCUT2D eigenvalue weighted by Crippen LogP contribution is 2.38. The van der Waals surface area contributed by atoms with Gasteiger partial charge in [0.25, 0.3) is 5.91 Å². The molecule has 3 fully saturated rings. The van der Waals surface area contributed by atoms with Crippen molar-refractivity contribution in [1.29, 1.82) is 0 Å². The number of fused-ring (bicyclic) bond motifs is 1. The molecule has 2 saturated heterocycles. The molecule has 2 aliphatic heterocycles. The minimum absolute atomic E-state index is 0.210. The van der Waals surface area contributed by atoms with Gasteiger partial charge in [0.1, 0.15) is 6.04 Å². The lowest BCUT2D eigenvalue weighted by Crippen LogP contribution is -2.47. The van der Waals surface area contributed by atoms with Crippen LogP contribution in [0.4, 0.5) is 4.79 Å². The van der Waals surface area contributed by atoms with E-state index >= 15 is 0 Å². The lowest BCUT2D eigenvalue weighted by molar-refractivity contribution is -0.165. The maximum Gasteiger partial charge on any atom is 0.329 e. The average Bonchev–Trinajstić information content (AvgIpc) is 3.16. The number of hydrogen-bond acceptors (Lipinski definition) is 6. The number of ether oxygens (including phenoxy) is 1. The molecule has 9 heteroatoms. The number of carbonyl (C=O) groups is 5. The van der Waals surface area contributed by atoms with Crippen LogP contribution in [0.15, 0.2) is 0 Å². The van der Waals surface area contributed by atoms with Gasteiger partial charge in [0, 0.05) is 13.1 Å². The predicted molar refractivity (Wildman–Crippen MR) is 87.4 cm³/mol. The highest BCUT2D eigenvalue weighted by atomic mass is 16.5. The molecule has 3 aliphatic rings. The number of nitrogens with zero attached hydrogens (tertiary/aromatic N) is 2. The number of nitrogens with one attached hydrogen (secondary N) is 1. The second-order valence-corrected chi connectivity index (χ2v) is 7.02. The number of carbonyl (C=O) groups excluding carboxylic acids is 5. The largest absolute Gasteiger partial charge is 0.451 e.